The van der Waals surface area contributed by atoms with E-state index in [1.54, 1.807) is 37.5 Å². The van der Waals surface area contributed by atoms with Crippen LogP contribution in [0.4, 0.5) is 0 Å². The molecule has 3 N–H and O–H groups in total. The number of carbonyl (C=O) groups excluding carboxylic acids is 2. The molecule has 8 heteroatoms. The first kappa shape index (κ1) is 24.1. The van der Waals surface area contributed by atoms with Crippen molar-refractivity contribution in [3.8, 4) is 46.8 Å². The Bertz CT molecular complexity index is 1320. The molecule has 8 nitrogen and oxygen atoms in total. The average Bonchev–Trinajstić information content (AvgIpc) is 2.86. The smallest absolute Gasteiger partial charge is 0.267 e. The molecule has 3 rings (SSSR count). The lowest BCUT2D eigenvalue weighted by Gasteiger charge is -2.18. The monoisotopic (exact) mass is 453 g/mol. The van der Waals surface area contributed by atoms with Gasteiger partial charge in [0.25, 0.3) is 5.91 Å². The number of hydrogen-bond acceptors (Lipinski definition) is 6. The van der Waals surface area contributed by atoms with E-state index in [1.165, 1.54) is 11.0 Å². The van der Waals surface area contributed by atoms with Crippen molar-refractivity contribution in [2.45, 2.75) is 18.9 Å². The zero-order valence-electron chi connectivity index (χ0n) is 18.8. The van der Waals surface area contributed by atoms with Gasteiger partial charge >= 0.3 is 0 Å². The fourth-order valence-electron chi connectivity index (χ4n) is 2.94. The molecule has 0 aliphatic heterocycles. The molecule has 0 saturated heterocycles. The van der Waals surface area contributed by atoms with Gasteiger partial charge in [0.2, 0.25) is 6.41 Å². The number of aliphatic hydroxyl groups is 1. The minimum Gasteiger partial charge on any atom is -0.367 e. The molecule has 1 unspecified atom stereocenters. The van der Waals surface area contributed by atoms with Crippen LogP contribution in [0, 0.1) is 31.1 Å². The van der Waals surface area contributed by atoms with Gasteiger partial charge in [0.15, 0.2) is 11.4 Å². The molecule has 0 bridgehead atoms. The largest absolute Gasteiger partial charge is 0.367 e. The molecule has 0 aliphatic rings. The molecule has 3 aromatic rings. The number of primary amides is 1. The van der Waals surface area contributed by atoms with E-state index in [9.17, 15) is 14.7 Å². The molecule has 170 valence electrons. The van der Waals surface area contributed by atoms with E-state index in [0.29, 0.717) is 28.8 Å². The van der Waals surface area contributed by atoms with Crippen LogP contribution in [0.25, 0.3) is 22.6 Å². The molecular weight excluding hydrogens is 430 g/mol. The first-order valence-electron chi connectivity index (χ1n) is 10.3. The first-order chi connectivity index (χ1) is 16.2. The minimum atomic E-state index is -1.69. The Labute approximate surface area is 197 Å². The number of aromatic nitrogens is 3. The van der Waals surface area contributed by atoms with E-state index >= 15 is 0 Å². The first-order valence-corrected chi connectivity index (χ1v) is 10.3. The third-order valence-electron chi connectivity index (χ3n) is 4.97. The van der Waals surface area contributed by atoms with Gasteiger partial charge in [0, 0.05) is 48.6 Å². The van der Waals surface area contributed by atoms with Crippen molar-refractivity contribution in [2.24, 2.45) is 5.73 Å². The lowest BCUT2D eigenvalue weighted by Crippen LogP contribution is -2.30. The van der Waals surface area contributed by atoms with E-state index < -0.39 is 11.5 Å². The fourth-order valence-corrected chi connectivity index (χ4v) is 2.94. The summed E-state index contributed by atoms with van der Waals surface area (Å²) in [6.07, 6.45) is 7.88. The maximum Gasteiger partial charge on any atom is 0.267 e. The van der Waals surface area contributed by atoms with Crippen molar-refractivity contribution in [3.63, 3.8) is 0 Å². The van der Waals surface area contributed by atoms with Gasteiger partial charge in [-0.1, -0.05) is 24.0 Å². The van der Waals surface area contributed by atoms with Crippen molar-refractivity contribution >= 4 is 12.3 Å². The number of aryl methyl sites for hydroxylation is 1. The van der Waals surface area contributed by atoms with Crippen molar-refractivity contribution in [1.82, 2.24) is 19.9 Å². The number of benzene rings is 1. The Hall–Kier alpha value is -4.53. The molecule has 34 heavy (non-hydrogen) atoms. The second kappa shape index (κ2) is 10.4. The summed E-state index contributed by atoms with van der Waals surface area (Å²) in [4.78, 5) is 37.2. The molecule has 0 radical (unpaired) electrons. The molecular formula is C26H23N5O3. The summed E-state index contributed by atoms with van der Waals surface area (Å²) < 4.78 is 0. The number of nitrogens with zero attached hydrogens (tertiary/aromatic N) is 4. The molecule has 0 spiro atoms. The maximum atomic E-state index is 11.9. The van der Waals surface area contributed by atoms with Crippen LogP contribution in [-0.2, 0) is 4.79 Å². The van der Waals surface area contributed by atoms with E-state index in [0.717, 1.165) is 5.69 Å². The van der Waals surface area contributed by atoms with E-state index in [1.807, 2.05) is 19.1 Å². The summed E-state index contributed by atoms with van der Waals surface area (Å²) in [5, 5.41) is 10.6. The Morgan fingerprint density at radius 3 is 2.68 bits per heavy atom. The molecule has 2 heterocycles. The van der Waals surface area contributed by atoms with Gasteiger partial charge in [-0.2, -0.15) is 0 Å². The summed E-state index contributed by atoms with van der Waals surface area (Å²) >= 11 is 0. The van der Waals surface area contributed by atoms with Crippen LogP contribution in [0.2, 0.25) is 0 Å². The number of nitrogens with two attached hydrogens (primary N) is 1. The molecule has 0 aliphatic carbocycles. The van der Waals surface area contributed by atoms with Crippen LogP contribution in [0.5, 0.6) is 0 Å². The Kier molecular flexibility index (Phi) is 7.37. The van der Waals surface area contributed by atoms with Crippen LogP contribution in [0.15, 0.2) is 48.7 Å². The highest BCUT2D eigenvalue weighted by Crippen LogP contribution is 2.23. The minimum absolute atomic E-state index is 0.0677. The Morgan fingerprint density at radius 2 is 2.03 bits per heavy atom. The molecule has 0 fully saturated rings. The highest BCUT2D eigenvalue weighted by Gasteiger charge is 2.21. The Balaban J connectivity index is 1.97. The zero-order valence-corrected chi connectivity index (χ0v) is 18.8. The normalized spacial score (nSPS) is 11.9. The second-order valence-electron chi connectivity index (χ2n) is 7.69. The molecule has 2 amide bonds. The number of carbonyl (C=O) groups is 2. The lowest BCUT2D eigenvalue weighted by molar-refractivity contribution is -0.117. The van der Waals surface area contributed by atoms with Crippen molar-refractivity contribution in [2.75, 3.05) is 13.6 Å². The quantitative estimate of drug-likeness (QED) is 0.416. The van der Waals surface area contributed by atoms with Gasteiger partial charge < -0.3 is 15.7 Å². The van der Waals surface area contributed by atoms with Gasteiger partial charge in [-0.25, -0.2) is 9.97 Å². The predicted molar refractivity (Wildman–Crippen MR) is 128 cm³/mol. The lowest BCUT2D eigenvalue weighted by atomic mass is 10.0. The van der Waals surface area contributed by atoms with E-state index in [-0.39, 0.29) is 24.5 Å². The Morgan fingerprint density at radius 1 is 1.24 bits per heavy atom. The average molecular weight is 454 g/mol. The van der Waals surface area contributed by atoms with Gasteiger partial charge in [-0.05, 0) is 43.2 Å². The number of rotatable bonds is 7. The SMILES string of the molecule is C#CC(O)(C#Cc1cccc(-c2nc(C(N)=O)cc(-c3ccc(C)nc3)n2)c1)CCN(C)C=O. The van der Waals surface area contributed by atoms with E-state index in [4.69, 9.17) is 12.2 Å². The van der Waals surface area contributed by atoms with Crippen LogP contribution in [0.3, 0.4) is 0 Å². The van der Waals surface area contributed by atoms with Gasteiger partial charge in [0.1, 0.15) is 5.69 Å². The third-order valence-corrected chi connectivity index (χ3v) is 4.97. The number of pyridine rings is 1. The number of hydrogen-bond donors (Lipinski definition) is 2. The summed E-state index contributed by atoms with van der Waals surface area (Å²) in [5.74, 6) is 7.46. The van der Waals surface area contributed by atoms with Crippen LogP contribution < -0.4 is 5.73 Å². The van der Waals surface area contributed by atoms with Gasteiger partial charge in [-0.15, -0.1) is 6.42 Å². The number of terminal acetylenes is 1. The highest BCUT2D eigenvalue weighted by atomic mass is 16.3. The van der Waals surface area contributed by atoms with Crippen molar-refractivity contribution < 1.29 is 14.7 Å². The topological polar surface area (TPSA) is 122 Å². The molecule has 2 aromatic heterocycles. The van der Waals surface area contributed by atoms with Crippen LogP contribution >= 0.6 is 0 Å². The van der Waals surface area contributed by atoms with Gasteiger partial charge in [0.05, 0.1) is 5.69 Å². The highest BCUT2D eigenvalue weighted by molar-refractivity contribution is 5.92. The standard InChI is InChI=1S/C26H23N5O3/c1-4-26(34,12-13-31(3)17-32)11-10-19-6-5-7-20(14-19)25-29-22(15-23(30-25)24(27)33)21-9-8-18(2)28-16-21/h1,5-9,14-17,34H,12-13H2,2-3H3,(H2,27,33). The zero-order chi connectivity index (χ0) is 24.7. The summed E-state index contributed by atoms with van der Waals surface area (Å²) in [6.45, 7) is 2.13. The second-order valence-corrected chi connectivity index (χ2v) is 7.69. The third kappa shape index (κ3) is 6.04. The molecule has 0 saturated carbocycles. The summed E-state index contributed by atoms with van der Waals surface area (Å²) in [6, 6.07) is 12.2. The maximum absolute atomic E-state index is 11.9. The summed E-state index contributed by atoms with van der Waals surface area (Å²) in [5.41, 5.74) is 7.09. The molecule has 1 aromatic carbocycles. The van der Waals surface area contributed by atoms with Gasteiger partial charge in [-0.3, -0.25) is 14.6 Å². The van der Waals surface area contributed by atoms with Crippen molar-refractivity contribution in [1.29, 1.82) is 0 Å². The molecule has 1 atom stereocenters. The van der Waals surface area contributed by atoms with Crippen LogP contribution in [-0.4, -0.2) is 56.5 Å². The van der Waals surface area contributed by atoms with Crippen molar-refractivity contribution in [3.05, 3.63) is 65.6 Å². The predicted octanol–water partition coefficient (Wildman–Crippen LogP) is 1.81. The fraction of sp³-hybridized carbons (Fsp3) is 0.192. The number of amides is 2. The summed E-state index contributed by atoms with van der Waals surface area (Å²) in [7, 11) is 1.59. The van der Waals surface area contributed by atoms with Crippen LogP contribution in [0.1, 0.15) is 28.2 Å². The van der Waals surface area contributed by atoms with E-state index in [2.05, 4.69) is 32.7 Å².